The summed E-state index contributed by atoms with van der Waals surface area (Å²) in [6, 6.07) is 2.17. The summed E-state index contributed by atoms with van der Waals surface area (Å²) in [6.45, 7) is 3.22. The van der Waals surface area contributed by atoms with Gasteiger partial charge >= 0.3 is 0 Å². The highest BCUT2D eigenvalue weighted by Crippen LogP contribution is 2.19. The van der Waals surface area contributed by atoms with Crippen LogP contribution in [0.4, 0.5) is 0 Å². The maximum Gasteiger partial charge on any atom is 0.0300 e. The molecule has 1 aromatic rings. The van der Waals surface area contributed by atoms with E-state index in [1.54, 1.807) is 11.3 Å². The Kier molecular flexibility index (Phi) is 6.43. The van der Waals surface area contributed by atoms with E-state index in [0.717, 1.165) is 19.6 Å². The Labute approximate surface area is 98.2 Å². The van der Waals surface area contributed by atoms with Crippen LogP contribution in [0.1, 0.15) is 17.7 Å². The summed E-state index contributed by atoms with van der Waals surface area (Å²) < 4.78 is 1.19. The van der Waals surface area contributed by atoms with Crippen molar-refractivity contribution in [2.45, 2.75) is 19.4 Å². The zero-order chi connectivity index (χ0) is 10.2. The van der Waals surface area contributed by atoms with E-state index in [-0.39, 0.29) is 0 Å². The number of thiophene rings is 1. The molecule has 0 unspecified atom stereocenters. The molecule has 0 spiro atoms. The second kappa shape index (κ2) is 7.40. The van der Waals surface area contributed by atoms with Gasteiger partial charge in [-0.3, -0.25) is 0 Å². The molecule has 0 saturated carbocycles. The SMILES string of the molecule is CNCCCCNCc1cc(Br)cs1. The van der Waals surface area contributed by atoms with Crippen molar-refractivity contribution in [3.8, 4) is 0 Å². The molecule has 1 aromatic heterocycles. The average Bonchev–Trinajstić information content (AvgIpc) is 2.58. The molecule has 2 nitrogen and oxygen atoms in total. The molecule has 80 valence electrons. The first-order valence-corrected chi connectivity index (χ1v) is 6.58. The smallest absolute Gasteiger partial charge is 0.0300 e. The third-order valence-corrected chi connectivity index (χ3v) is 3.65. The first-order valence-electron chi connectivity index (χ1n) is 4.91. The van der Waals surface area contributed by atoms with Crippen molar-refractivity contribution in [2.75, 3.05) is 20.1 Å². The zero-order valence-electron chi connectivity index (χ0n) is 8.48. The molecular formula is C10H17BrN2S. The van der Waals surface area contributed by atoms with E-state index in [2.05, 4.69) is 38.0 Å². The lowest BCUT2D eigenvalue weighted by Gasteiger charge is -2.02. The largest absolute Gasteiger partial charge is 0.320 e. The Morgan fingerprint density at radius 3 is 2.79 bits per heavy atom. The van der Waals surface area contributed by atoms with Crippen LogP contribution in [-0.4, -0.2) is 20.1 Å². The predicted molar refractivity (Wildman–Crippen MR) is 66.9 cm³/mol. The summed E-state index contributed by atoms with van der Waals surface area (Å²) >= 11 is 5.25. The molecule has 14 heavy (non-hydrogen) atoms. The van der Waals surface area contributed by atoms with E-state index < -0.39 is 0 Å². The van der Waals surface area contributed by atoms with Gasteiger partial charge in [-0.15, -0.1) is 11.3 Å². The number of hydrogen-bond donors (Lipinski definition) is 2. The maximum absolute atomic E-state index is 3.45. The van der Waals surface area contributed by atoms with Crippen LogP contribution in [-0.2, 0) is 6.54 Å². The second-order valence-electron chi connectivity index (χ2n) is 3.22. The highest BCUT2D eigenvalue weighted by Gasteiger charge is 1.96. The predicted octanol–water partition coefficient (Wildman–Crippen LogP) is 2.60. The van der Waals surface area contributed by atoms with Crippen LogP contribution in [0.2, 0.25) is 0 Å². The van der Waals surface area contributed by atoms with Gasteiger partial charge in [0.2, 0.25) is 0 Å². The Balaban J connectivity index is 1.99. The fraction of sp³-hybridized carbons (Fsp3) is 0.600. The monoisotopic (exact) mass is 276 g/mol. The van der Waals surface area contributed by atoms with Crippen LogP contribution in [0.15, 0.2) is 15.9 Å². The zero-order valence-corrected chi connectivity index (χ0v) is 10.9. The molecule has 0 aromatic carbocycles. The lowest BCUT2D eigenvalue weighted by molar-refractivity contribution is 0.608. The van der Waals surface area contributed by atoms with Crippen molar-refractivity contribution < 1.29 is 0 Å². The van der Waals surface area contributed by atoms with Crippen LogP contribution in [0.5, 0.6) is 0 Å². The molecule has 0 bridgehead atoms. The van der Waals surface area contributed by atoms with Crippen molar-refractivity contribution >= 4 is 27.3 Å². The summed E-state index contributed by atoms with van der Waals surface area (Å²) in [7, 11) is 2.00. The van der Waals surface area contributed by atoms with Gasteiger partial charge in [-0.25, -0.2) is 0 Å². The molecule has 2 N–H and O–H groups in total. The normalized spacial score (nSPS) is 10.7. The first-order chi connectivity index (χ1) is 6.83. The van der Waals surface area contributed by atoms with Crippen molar-refractivity contribution in [1.82, 2.24) is 10.6 Å². The molecule has 0 saturated heterocycles. The average molecular weight is 277 g/mol. The third-order valence-electron chi connectivity index (χ3n) is 1.95. The third kappa shape index (κ3) is 5.10. The van der Waals surface area contributed by atoms with Crippen molar-refractivity contribution in [3.05, 3.63) is 20.8 Å². The summed E-state index contributed by atoms with van der Waals surface area (Å²) in [5, 5.41) is 8.71. The Morgan fingerprint density at radius 1 is 1.36 bits per heavy atom. The molecule has 1 rings (SSSR count). The van der Waals surface area contributed by atoms with Crippen molar-refractivity contribution in [1.29, 1.82) is 0 Å². The minimum Gasteiger partial charge on any atom is -0.320 e. The fourth-order valence-corrected chi connectivity index (χ4v) is 2.63. The molecule has 0 amide bonds. The van der Waals surface area contributed by atoms with E-state index in [1.807, 2.05) is 7.05 Å². The first kappa shape index (κ1) is 12.2. The lowest BCUT2D eigenvalue weighted by Crippen LogP contribution is -2.16. The van der Waals surface area contributed by atoms with Gasteiger partial charge in [0.1, 0.15) is 0 Å². The van der Waals surface area contributed by atoms with Crippen molar-refractivity contribution in [2.24, 2.45) is 0 Å². The number of unbranched alkanes of at least 4 members (excludes halogenated alkanes) is 1. The summed E-state index contributed by atoms with van der Waals surface area (Å²) in [6.07, 6.45) is 2.49. The number of halogens is 1. The van der Waals surface area contributed by atoms with Crippen LogP contribution in [0, 0.1) is 0 Å². The molecule has 0 atom stereocenters. The van der Waals surface area contributed by atoms with E-state index in [9.17, 15) is 0 Å². The highest BCUT2D eigenvalue weighted by molar-refractivity contribution is 9.10. The summed E-state index contributed by atoms with van der Waals surface area (Å²) in [5.74, 6) is 0. The Bertz CT molecular complexity index is 250. The minimum atomic E-state index is 0.996. The Hall–Kier alpha value is 0.1000. The Morgan fingerprint density at radius 2 is 2.14 bits per heavy atom. The molecular weight excluding hydrogens is 260 g/mol. The lowest BCUT2D eigenvalue weighted by atomic mass is 10.3. The van der Waals surface area contributed by atoms with Gasteiger partial charge in [0.15, 0.2) is 0 Å². The quantitative estimate of drug-likeness (QED) is 0.749. The van der Waals surface area contributed by atoms with E-state index >= 15 is 0 Å². The van der Waals surface area contributed by atoms with E-state index in [4.69, 9.17) is 0 Å². The van der Waals surface area contributed by atoms with Gasteiger partial charge in [0.25, 0.3) is 0 Å². The van der Waals surface area contributed by atoms with Gasteiger partial charge < -0.3 is 10.6 Å². The van der Waals surface area contributed by atoms with Crippen LogP contribution in [0.25, 0.3) is 0 Å². The second-order valence-corrected chi connectivity index (χ2v) is 5.13. The van der Waals surface area contributed by atoms with E-state index in [1.165, 1.54) is 22.2 Å². The highest BCUT2D eigenvalue weighted by atomic mass is 79.9. The number of hydrogen-bond acceptors (Lipinski definition) is 3. The van der Waals surface area contributed by atoms with Crippen LogP contribution in [0.3, 0.4) is 0 Å². The number of nitrogens with one attached hydrogen (secondary N) is 2. The van der Waals surface area contributed by atoms with Gasteiger partial charge in [-0.05, 0) is 55.0 Å². The standard InChI is InChI=1S/C10H17BrN2S/c1-12-4-2-3-5-13-7-10-6-9(11)8-14-10/h6,8,12-13H,2-5,7H2,1H3. The molecule has 0 aliphatic rings. The van der Waals surface area contributed by atoms with E-state index in [0.29, 0.717) is 0 Å². The topological polar surface area (TPSA) is 24.1 Å². The van der Waals surface area contributed by atoms with Crippen molar-refractivity contribution in [3.63, 3.8) is 0 Å². The maximum atomic E-state index is 3.45. The molecule has 1 heterocycles. The minimum absolute atomic E-state index is 0.996. The van der Waals surface area contributed by atoms with Gasteiger partial charge in [0.05, 0.1) is 0 Å². The van der Waals surface area contributed by atoms with Crippen LogP contribution >= 0.6 is 27.3 Å². The number of rotatable bonds is 7. The fourth-order valence-electron chi connectivity index (χ4n) is 1.21. The molecule has 0 aliphatic heterocycles. The van der Waals surface area contributed by atoms with Gasteiger partial charge in [-0.2, -0.15) is 0 Å². The molecule has 0 fully saturated rings. The molecule has 0 aliphatic carbocycles. The van der Waals surface area contributed by atoms with Gasteiger partial charge in [-0.1, -0.05) is 0 Å². The molecule has 0 radical (unpaired) electrons. The summed E-state index contributed by atoms with van der Waals surface area (Å²) in [4.78, 5) is 1.39. The van der Waals surface area contributed by atoms with Gasteiger partial charge in [0, 0.05) is 21.3 Å². The van der Waals surface area contributed by atoms with Crippen LogP contribution < -0.4 is 10.6 Å². The summed E-state index contributed by atoms with van der Waals surface area (Å²) in [5.41, 5.74) is 0. The molecule has 4 heteroatoms.